The summed E-state index contributed by atoms with van der Waals surface area (Å²) in [6.45, 7) is 0. The molecule has 1 aromatic heterocycles. The van der Waals surface area contributed by atoms with Gasteiger partial charge in [0, 0.05) is 11.0 Å². The van der Waals surface area contributed by atoms with Crippen molar-refractivity contribution in [2.24, 2.45) is 0 Å². The summed E-state index contributed by atoms with van der Waals surface area (Å²) in [6, 6.07) is 8.18. The molecule has 0 aliphatic rings. The molecule has 106 valence electrons. The minimum absolute atomic E-state index is 0.123. The Morgan fingerprint density at radius 1 is 1.20 bits per heavy atom. The van der Waals surface area contributed by atoms with E-state index in [2.05, 4.69) is 9.97 Å². The highest BCUT2D eigenvalue weighted by Crippen LogP contribution is 2.32. The van der Waals surface area contributed by atoms with Crippen LogP contribution in [0, 0.1) is 0 Å². The number of alkyl halides is 3. The largest absolute Gasteiger partial charge is 0.497 e. The van der Waals surface area contributed by atoms with E-state index in [0.29, 0.717) is 10.6 Å². The van der Waals surface area contributed by atoms with Crippen molar-refractivity contribution in [2.45, 2.75) is 16.1 Å². The van der Waals surface area contributed by atoms with E-state index < -0.39 is 12.0 Å². The van der Waals surface area contributed by atoms with Crippen molar-refractivity contribution < 1.29 is 17.9 Å². The number of hydrogen-bond acceptors (Lipinski definition) is 5. The number of methoxy groups -OCH3 is 1. The molecule has 0 fully saturated rings. The summed E-state index contributed by atoms with van der Waals surface area (Å²) in [7, 11) is 1.51. The van der Waals surface area contributed by atoms with Gasteiger partial charge in [0.1, 0.15) is 16.6 Å². The molecule has 0 saturated carbocycles. The second-order valence-corrected chi connectivity index (χ2v) is 4.83. The van der Waals surface area contributed by atoms with Gasteiger partial charge in [0.05, 0.1) is 7.11 Å². The van der Waals surface area contributed by atoms with Crippen LogP contribution in [0.4, 0.5) is 19.0 Å². The van der Waals surface area contributed by atoms with Gasteiger partial charge in [-0.25, -0.2) is 9.97 Å². The van der Waals surface area contributed by atoms with Crippen LogP contribution in [0.3, 0.4) is 0 Å². The molecule has 1 heterocycles. The highest BCUT2D eigenvalue weighted by atomic mass is 32.2. The molecule has 1 aromatic carbocycles. The first-order valence-corrected chi connectivity index (χ1v) is 6.24. The lowest BCUT2D eigenvalue weighted by atomic mass is 10.3. The first kappa shape index (κ1) is 14.4. The highest BCUT2D eigenvalue weighted by molar-refractivity contribution is 7.99. The minimum atomic E-state index is -4.63. The van der Waals surface area contributed by atoms with Gasteiger partial charge >= 0.3 is 6.18 Å². The van der Waals surface area contributed by atoms with E-state index in [1.807, 2.05) is 0 Å². The average Bonchev–Trinajstić information content (AvgIpc) is 2.37. The standard InChI is InChI=1S/C12H10F3N3OS/c1-19-7-3-2-4-8(5-7)20-10-6-9(16)17-11(18-10)12(13,14)15/h2-6H,1H3,(H2,16,17,18). The number of benzene rings is 1. The molecule has 2 N–H and O–H groups in total. The lowest BCUT2D eigenvalue weighted by Crippen LogP contribution is -2.12. The van der Waals surface area contributed by atoms with E-state index in [-0.39, 0.29) is 10.8 Å². The summed E-state index contributed by atoms with van der Waals surface area (Å²) in [5, 5.41) is 0.123. The maximum absolute atomic E-state index is 12.6. The summed E-state index contributed by atoms with van der Waals surface area (Å²) >= 11 is 1.05. The number of ether oxygens (including phenoxy) is 1. The van der Waals surface area contributed by atoms with Crippen molar-refractivity contribution in [3.05, 3.63) is 36.2 Å². The zero-order chi connectivity index (χ0) is 14.8. The van der Waals surface area contributed by atoms with Crippen LogP contribution in [0.1, 0.15) is 5.82 Å². The molecule has 8 heteroatoms. The Labute approximate surface area is 117 Å². The van der Waals surface area contributed by atoms with Gasteiger partial charge in [0.15, 0.2) is 0 Å². The third-order valence-electron chi connectivity index (χ3n) is 2.24. The molecule has 2 aromatic rings. The Balaban J connectivity index is 2.31. The zero-order valence-electron chi connectivity index (χ0n) is 10.3. The number of aromatic nitrogens is 2. The molecule has 0 radical (unpaired) electrons. The lowest BCUT2D eigenvalue weighted by Gasteiger charge is -2.08. The normalized spacial score (nSPS) is 11.4. The zero-order valence-corrected chi connectivity index (χ0v) is 11.1. The molecule has 0 atom stereocenters. The van der Waals surface area contributed by atoms with Crippen LogP contribution in [-0.4, -0.2) is 17.1 Å². The molecule has 4 nitrogen and oxygen atoms in total. The van der Waals surface area contributed by atoms with Gasteiger partial charge in [-0.05, 0) is 18.2 Å². The molecular weight excluding hydrogens is 291 g/mol. The molecule has 0 spiro atoms. The lowest BCUT2D eigenvalue weighted by molar-refractivity contribution is -0.145. The first-order chi connectivity index (χ1) is 9.38. The van der Waals surface area contributed by atoms with Crippen LogP contribution < -0.4 is 10.5 Å². The van der Waals surface area contributed by atoms with Gasteiger partial charge in [0.2, 0.25) is 5.82 Å². The highest BCUT2D eigenvalue weighted by Gasteiger charge is 2.35. The Hall–Kier alpha value is -1.96. The average molecular weight is 301 g/mol. The van der Waals surface area contributed by atoms with Gasteiger partial charge in [0.25, 0.3) is 0 Å². The summed E-state index contributed by atoms with van der Waals surface area (Å²) in [6.07, 6.45) is -4.63. The third-order valence-corrected chi connectivity index (χ3v) is 3.15. The molecule has 0 aliphatic carbocycles. The van der Waals surface area contributed by atoms with E-state index in [0.717, 1.165) is 11.8 Å². The quantitative estimate of drug-likeness (QED) is 0.882. The molecule has 20 heavy (non-hydrogen) atoms. The molecule has 2 rings (SSSR count). The SMILES string of the molecule is COc1cccc(Sc2cc(N)nc(C(F)(F)F)n2)c1. The van der Waals surface area contributed by atoms with Crippen molar-refractivity contribution in [3.63, 3.8) is 0 Å². The van der Waals surface area contributed by atoms with E-state index in [4.69, 9.17) is 10.5 Å². The Kier molecular flexibility index (Phi) is 4.03. The van der Waals surface area contributed by atoms with E-state index >= 15 is 0 Å². The number of hydrogen-bond donors (Lipinski definition) is 1. The van der Waals surface area contributed by atoms with E-state index in [1.165, 1.54) is 13.2 Å². The number of nitrogens with zero attached hydrogens (tertiary/aromatic N) is 2. The Bertz CT molecular complexity index is 619. The minimum Gasteiger partial charge on any atom is -0.497 e. The fourth-order valence-corrected chi connectivity index (χ4v) is 2.28. The fraction of sp³-hybridized carbons (Fsp3) is 0.167. The van der Waals surface area contributed by atoms with Gasteiger partial charge in [-0.2, -0.15) is 13.2 Å². The maximum Gasteiger partial charge on any atom is 0.451 e. The van der Waals surface area contributed by atoms with Gasteiger partial charge in [-0.15, -0.1) is 0 Å². The topological polar surface area (TPSA) is 61.0 Å². The van der Waals surface area contributed by atoms with Crippen molar-refractivity contribution in [3.8, 4) is 5.75 Å². The summed E-state index contributed by atoms with van der Waals surface area (Å²) in [4.78, 5) is 7.34. The van der Waals surface area contributed by atoms with Crippen LogP contribution in [-0.2, 0) is 6.18 Å². The summed E-state index contributed by atoms with van der Waals surface area (Å²) < 4.78 is 42.8. The van der Waals surface area contributed by atoms with Crippen LogP contribution in [0.25, 0.3) is 0 Å². The monoisotopic (exact) mass is 301 g/mol. The maximum atomic E-state index is 12.6. The second kappa shape index (κ2) is 5.58. The first-order valence-electron chi connectivity index (χ1n) is 5.42. The van der Waals surface area contributed by atoms with Crippen LogP contribution in [0.5, 0.6) is 5.75 Å². The number of nitrogens with two attached hydrogens (primary N) is 1. The smallest absolute Gasteiger partial charge is 0.451 e. The number of halogens is 3. The van der Waals surface area contributed by atoms with Crippen LogP contribution in [0.15, 0.2) is 40.3 Å². The molecule has 0 unspecified atom stereocenters. The van der Waals surface area contributed by atoms with Gasteiger partial charge in [-0.1, -0.05) is 17.8 Å². The molecule has 0 bridgehead atoms. The second-order valence-electron chi connectivity index (χ2n) is 3.73. The number of rotatable bonds is 3. The predicted molar refractivity (Wildman–Crippen MR) is 68.6 cm³/mol. The van der Waals surface area contributed by atoms with Crippen LogP contribution in [0.2, 0.25) is 0 Å². The Morgan fingerprint density at radius 3 is 2.60 bits per heavy atom. The predicted octanol–water partition coefficient (Wildman–Crippen LogP) is 3.24. The van der Waals surface area contributed by atoms with Crippen LogP contribution >= 0.6 is 11.8 Å². The van der Waals surface area contributed by atoms with E-state index in [1.54, 1.807) is 24.3 Å². The summed E-state index contributed by atoms with van der Waals surface area (Å²) in [5.74, 6) is -0.867. The van der Waals surface area contributed by atoms with Crippen molar-refractivity contribution in [1.29, 1.82) is 0 Å². The molecule has 0 saturated heterocycles. The summed E-state index contributed by atoms with van der Waals surface area (Å²) in [5.41, 5.74) is 5.38. The van der Waals surface area contributed by atoms with Crippen molar-refractivity contribution in [1.82, 2.24) is 9.97 Å². The molecular formula is C12H10F3N3OS. The van der Waals surface area contributed by atoms with Crippen molar-refractivity contribution >= 4 is 17.6 Å². The third kappa shape index (κ3) is 3.53. The molecule has 0 amide bonds. The Morgan fingerprint density at radius 2 is 1.95 bits per heavy atom. The van der Waals surface area contributed by atoms with Crippen molar-refractivity contribution in [2.75, 3.05) is 12.8 Å². The van der Waals surface area contributed by atoms with Gasteiger partial charge in [-0.3, -0.25) is 0 Å². The fourth-order valence-electron chi connectivity index (χ4n) is 1.41. The van der Waals surface area contributed by atoms with Gasteiger partial charge < -0.3 is 10.5 Å². The number of nitrogen functional groups attached to an aromatic ring is 1. The molecule has 0 aliphatic heterocycles. The van der Waals surface area contributed by atoms with E-state index in [9.17, 15) is 13.2 Å². The number of anilines is 1.